The summed E-state index contributed by atoms with van der Waals surface area (Å²) in [5, 5.41) is 4.84. The minimum absolute atomic E-state index is 0.0430. The Morgan fingerprint density at radius 1 is 0.725 bits per heavy atom. The smallest absolute Gasteiger partial charge is 0.118 e. The molecule has 4 atom stereocenters. The number of hydrogen-bond acceptors (Lipinski definition) is 3. The molecule has 0 N–H and O–H groups in total. The third kappa shape index (κ3) is 4.40. The van der Waals surface area contributed by atoms with E-state index in [1.807, 2.05) is 0 Å². The minimum atomic E-state index is -0.373. The maximum absolute atomic E-state index is 7.37. The predicted octanol–water partition coefficient (Wildman–Crippen LogP) is 8.71. The van der Waals surface area contributed by atoms with E-state index in [2.05, 4.69) is 150 Å². The van der Waals surface area contributed by atoms with Crippen LogP contribution in [0.3, 0.4) is 0 Å². The van der Waals surface area contributed by atoms with Crippen molar-refractivity contribution in [3.05, 3.63) is 150 Å². The first kappa shape index (κ1) is 25.1. The Hall–Kier alpha value is -3.92. The largest absolute Gasteiger partial charge is 0.294 e. The van der Waals surface area contributed by atoms with Crippen molar-refractivity contribution in [2.45, 2.75) is 43.4 Å². The van der Waals surface area contributed by atoms with Gasteiger partial charge in [0, 0.05) is 18.5 Å². The normalized spacial score (nSPS) is 24.0. The molecule has 2 heterocycles. The van der Waals surface area contributed by atoms with Crippen molar-refractivity contribution in [1.29, 1.82) is 0 Å². The average molecular weight is 525 g/mol. The van der Waals surface area contributed by atoms with Crippen molar-refractivity contribution in [2.24, 2.45) is 0 Å². The number of rotatable bonds is 5. The molecule has 2 saturated heterocycles. The van der Waals surface area contributed by atoms with Crippen LogP contribution in [0.4, 0.5) is 5.69 Å². The second-order valence-corrected chi connectivity index (χ2v) is 11.4. The number of piperidine rings is 1. The number of likely N-dealkylation sites (tertiary alicyclic amines) is 1. The van der Waals surface area contributed by atoms with Crippen molar-refractivity contribution >= 4 is 16.5 Å². The van der Waals surface area contributed by atoms with Gasteiger partial charge in [0.05, 0.1) is 11.7 Å². The molecule has 0 saturated carbocycles. The van der Waals surface area contributed by atoms with Gasteiger partial charge in [0.15, 0.2) is 0 Å². The Balaban J connectivity index is 1.41. The van der Waals surface area contributed by atoms with Gasteiger partial charge in [-0.05, 0) is 65.9 Å². The summed E-state index contributed by atoms with van der Waals surface area (Å²) in [7, 11) is 0. The topological polar surface area (TPSA) is 15.7 Å². The Bertz CT molecular complexity index is 1570. The van der Waals surface area contributed by atoms with Crippen LogP contribution >= 0.6 is 0 Å². The van der Waals surface area contributed by atoms with Crippen LogP contribution in [-0.2, 0) is 4.84 Å². The van der Waals surface area contributed by atoms with E-state index in [1.165, 1.54) is 27.5 Å². The van der Waals surface area contributed by atoms with Crippen LogP contribution in [0.2, 0.25) is 0 Å². The van der Waals surface area contributed by atoms with Crippen LogP contribution in [0.1, 0.15) is 54.5 Å². The molecule has 2 aliphatic rings. The molecule has 0 unspecified atom stereocenters. The molecule has 40 heavy (non-hydrogen) atoms. The van der Waals surface area contributed by atoms with E-state index in [-0.39, 0.29) is 17.6 Å². The van der Waals surface area contributed by atoms with E-state index < -0.39 is 0 Å². The van der Waals surface area contributed by atoms with Gasteiger partial charge in [0.1, 0.15) is 5.60 Å². The van der Waals surface area contributed by atoms with E-state index in [0.717, 1.165) is 31.6 Å². The van der Waals surface area contributed by atoms with Crippen LogP contribution in [0.25, 0.3) is 10.8 Å². The van der Waals surface area contributed by atoms with Crippen LogP contribution in [-0.4, -0.2) is 23.6 Å². The summed E-state index contributed by atoms with van der Waals surface area (Å²) in [6, 6.07) is 48.6. The summed E-state index contributed by atoms with van der Waals surface area (Å²) in [4.78, 5) is 10.0. The molecule has 3 heteroatoms. The monoisotopic (exact) mass is 524 g/mol. The maximum Gasteiger partial charge on any atom is 0.118 e. The second kappa shape index (κ2) is 10.6. The molecule has 7 rings (SSSR count). The number of nitrogens with zero attached hydrogens (tertiary/aromatic N) is 2. The van der Waals surface area contributed by atoms with E-state index >= 15 is 0 Å². The summed E-state index contributed by atoms with van der Waals surface area (Å²) in [5.41, 5.74) is 4.75. The Morgan fingerprint density at radius 3 is 2.15 bits per heavy atom. The molecule has 0 radical (unpaired) electrons. The van der Waals surface area contributed by atoms with Gasteiger partial charge >= 0.3 is 0 Å². The number of anilines is 1. The van der Waals surface area contributed by atoms with E-state index in [9.17, 15) is 0 Å². The van der Waals surface area contributed by atoms with E-state index in [4.69, 9.17) is 4.84 Å². The third-order valence-corrected chi connectivity index (χ3v) is 9.07. The van der Waals surface area contributed by atoms with Crippen molar-refractivity contribution in [2.75, 3.05) is 18.2 Å². The zero-order chi connectivity index (χ0) is 26.9. The van der Waals surface area contributed by atoms with E-state index in [0.29, 0.717) is 6.04 Å². The lowest BCUT2D eigenvalue weighted by atomic mass is 9.71. The standard InChI is InChI=1S/C37H36N2O/c1-28(29-15-5-2-6-16-29)38-26-14-25-37(27-38)35(34-24-13-20-30-17-11-12-23-33(30)34)36(31-18-7-3-8-19-31)39(40-37)32-21-9-4-10-22-32/h2-13,15-24,28,35-36H,14,25-27H2,1H3/t28-,35+,36-,37+/m1/s1. The number of benzene rings is 5. The van der Waals surface area contributed by atoms with Gasteiger partial charge in [-0.2, -0.15) is 0 Å². The Morgan fingerprint density at radius 2 is 1.38 bits per heavy atom. The molecule has 0 aromatic heterocycles. The van der Waals surface area contributed by atoms with Crippen LogP contribution in [0, 0.1) is 0 Å². The third-order valence-electron chi connectivity index (χ3n) is 9.07. The van der Waals surface area contributed by atoms with Gasteiger partial charge < -0.3 is 0 Å². The second-order valence-electron chi connectivity index (χ2n) is 11.4. The summed E-state index contributed by atoms with van der Waals surface area (Å²) in [6.07, 6.45) is 2.12. The highest BCUT2D eigenvalue weighted by molar-refractivity contribution is 5.86. The number of hydroxylamine groups is 1. The summed E-state index contributed by atoms with van der Waals surface area (Å²) < 4.78 is 0. The molecule has 2 fully saturated rings. The fraction of sp³-hybridized carbons (Fsp3) is 0.243. The van der Waals surface area contributed by atoms with Crippen molar-refractivity contribution in [3.8, 4) is 0 Å². The Labute approximate surface area is 237 Å². The first-order valence-corrected chi connectivity index (χ1v) is 14.6. The molecule has 200 valence electrons. The van der Waals surface area contributed by atoms with Gasteiger partial charge in [-0.1, -0.05) is 121 Å². The van der Waals surface area contributed by atoms with Gasteiger partial charge in [0.2, 0.25) is 0 Å². The molecule has 0 bridgehead atoms. The van der Waals surface area contributed by atoms with Gasteiger partial charge in [-0.25, -0.2) is 5.06 Å². The fourth-order valence-electron chi connectivity index (χ4n) is 7.16. The molecule has 5 aromatic rings. The van der Waals surface area contributed by atoms with Crippen molar-refractivity contribution in [1.82, 2.24) is 4.90 Å². The molecule has 1 spiro atoms. The first-order valence-electron chi connectivity index (χ1n) is 14.6. The molecular weight excluding hydrogens is 488 g/mol. The molecule has 0 amide bonds. The van der Waals surface area contributed by atoms with Crippen LogP contribution in [0.5, 0.6) is 0 Å². The summed E-state index contributed by atoms with van der Waals surface area (Å²) in [6.45, 7) is 4.30. The number of fused-ring (bicyclic) bond motifs is 1. The molecule has 2 aliphatic heterocycles. The highest BCUT2D eigenvalue weighted by atomic mass is 16.7. The maximum atomic E-state index is 7.37. The van der Waals surface area contributed by atoms with Gasteiger partial charge in [0.25, 0.3) is 0 Å². The van der Waals surface area contributed by atoms with Crippen molar-refractivity contribution < 1.29 is 4.84 Å². The number of para-hydroxylation sites is 1. The number of hydrogen-bond donors (Lipinski definition) is 0. The summed E-state index contributed by atoms with van der Waals surface area (Å²) >= 11 is 0. The molecule has 5 aromatic carbocycles. The first-order chi connectivity index (χ1) is 19.7. The zero-order valence-electron chi connectivity index (χ0n) is 23.1. The average Bonchev–Trinajstić information content (AvgIpc) is 3.35. The SMILES string of the molecule is C[C@H](c1ccccc1)N1CCC[C@@]2(C1)ON(c1ccccc1)[C@H](c1ccccc1)[C@@H]2c1cccc2ccccc12. The van der Waals surface area contributed by atoms with Gasteiger partial charge in [-0.15, -0.1) is 0 Å². The molecular formula is C37H36N2O. The van der Waals surface area contributed by atoms with Gasteiger partial charge in [-0.3, -0.25) is 9.74 Å². The lowest BCUT2D eigenvalue weighted by Crippen LogP contribution is -2.52. The highest BCUT2D eigenvalue weighted by Gasteiger charge is 2.57. The van der Waals surface area contributed by atoms with E-state index in [1.54, 1.807) is 0 Å². The van der Waals surface area contributed by atoms with Crippen LogP contribution < -0.4 is 5.06 Å². The van der Waals surface area contributed by atoms with Crippen LogP contribution in [0.15, 0.2) is 133 Å². The lowest BCUT2D eigenvalue weighted by Gasteiger charge is -2.45. The minimum Gasteiger partial charge on any atom is -0.294 e. The van der Waals surface area contributed by atoms with Crippen molar-refractivity contribution in [3.63, 3.8) is 0 Å². The highest BCUT2D eigenvalue weighted by Crippen LogP contribution is 2.57. The Kier molecular flexibility index (Phi) is 6.63. The predicted molar refractivity (Wildman–Crippen MR) is 164 cm³/mol. The summed E-state index contributed by atoms with van der Waals surface area (Å²) in [5.74, 6) is 0.145. The molecule has 3 nitrogen and oxygen atoms in total. The lowest BCUT2D eigenvalue weighted by molar-refractivity contribution is -0.0787. The molecule has 0 aliphatic carbocycles. The quantitative estimate of drug-likeness (QED) is 0.229. The fourth-order valence-corrected chi connectivity index (χ4v) is 7.16. The zero-order valence-corrected chi connectivity index (χ0v) is 23.1.